The van der Waals surface area contributed by atoms with Crippen molar-refractivity contribution in [1.29, 1.82) is 0 Å². The Morgan fingerprint density at radius 2 is 2.20 bits per heavy atom. The van der Waals surface area contributed by atoms with Crippen LogP contribution in [0.3, 0.4) is 0 Å². The van der Waals surface area contributed by atoms with Crippen molar-refractivity contribution in [2.24, 2.45) is 5.41 Å². The van der Waals surface area contributed by atoms with Crippen molar-refractivity contribution in [2.75, 3.05) is 37.0 Å². The highest BCUT2D eigenvalue weighted by atomic mass is 16.3. The molecule has 0 amide bonds. The highest BCUT2D eigenvalue weighted by Crippen LogP contribution is 2.37. The third-order valence-electron chi connectivity index (χ3n) is 4.16. The fourth-order valence-corrected chi connectivity index (χ4v) is 3.05. The van der Waals surface area contributed by atoms with Crippen LogP contribution in [-0.4, -0.2) is 53.0 Å². The number of piperidine rings is 1. The van der Waals surface area contributed by atoms with E-state index in [2.05, 4.69) is 27.1 Å². The molecule has 0 unspecified atom stereocenters. The van der Waals surface area contributed by atoms with E-state index in [4.69, 9.17) is 0 Å². The zero-order valence-electron chi connectivity index (χ0n) is 12.2. The molecule has 0 radical (unpaired) electrons. The van der Waals surface area contributed by atoms with Crippen LogP contribution in [0.1, 0.15) is 26.2 Å². The zero-order valence-corrected chi connectivity index (χ0v) is 12.2. The van der Waals surface area contributed by atoms with Gasteiger partial charge in [0.05, 0.1) is 12.7 Å². The molecule has 0 spiro atoms. The Morgan fingerprint density at radius 3 is 2.85 bits per heavy atom. The minimum absolute atomic E-state index is 0.00629. The van der Waals surface area contributed by atoms with Crippen LogP contribution in [0.4, 0.5) is 11.6 Å². The highest BCUT2D eigenvalue weighted by molar-refractivity contribution is 5.60. The summed E-state index contributed by atoms with van der Waals surface area (Å²) in [5.41, 5.74) is -0.463. The van der Waals surface area contributed by atoms with Gasteiger partial charge in [0.1, 0.15) is 0 Å². The molecule has 1 aliphatic rings. The van der Waals surface area contributed by atoms with E-state index in [-0.39, 0.29) is 6.61 Å². The number of aromatic nitrogens is 2. The van der Waals surface area contributed by atoms with Crippen molar-refractivity contribution in [2.45, 2.75) is 32.3 Å². The lowest BCUT2D eigenvalue weighted by molar-refractivity contribution is -0.0353. The van der Waals surface area contributed by atoms with E-state index < -0.39 is 11.5 Å². The normalized spacial score (nSPS) is 26.6. The Labute approximate surface area is 119 Å². The molecule has 6 heteroatoms. The molecular weight excluding hydrogens is 256 g/mol. The van der Waals surface area contributed by atoms with Crippen LogP contribution in [0.15, 0.2) is 12.4 Å². The first kappa shape index (κ1) is 15.0. The maximum atomic E-state index is 10.3. The van der Waals surface area contributed by atoms with Crippen LogP contribution in [-0.2, 0) is 0 Å². The fourth-order valence-electron chi connectivity index (χ4n) is 3.05. The van der Waals surface area contributed by atoms with E-state index >= 15 is 0 Å². The van der Waals surface area contributed by atoms with E-state index in [9.17, 15) is 10.2 Å². The maximum Gasteiger partial charge on any atom is 0.171 e. The molecule has 20 heavy (non-hydrogen) atoms. The molecule has 6 nitrogen and oxygen atoms in total. The standard InChI is InChI=1S/C14H24N4O2/c1-3-5-14(10-19)9-18(8-4-11(14)20)13-12(15-2)16-6-7-17-13/h6-7,11,19-20H,3-5,8-10H2,1-2H3,(H,15,16)/t11-,14-/m0/s1. The zero-order chi connectivity index (χ0) is 14.6. The summed E-state index contributed by atoms with van der Waals surface area (Å²) in [6.07, 6.45) is 5.24. The van der Waals surface area contributed by atoms with E-state index in [0.717, 1.165) is 31.0 Å². The molecule has 0 saturated carbocycles. The smallest absolute Gasteiger partial charge is 0.171 e. The third-order valence-corrected chi connectivity index (χ3v) is 4.16. The summed E-state index contributed by atoms with van der Waals surface area (Å²) in [5.74, 6) is 1.52. The summed E-state index contributed by atoms with van der Waals surface area (Å²) in [6.45, 7) is 3.39. The third kappa shape index (κ3) is 2.71. The Hall–Kier alpha value is -1.40. The van der Waals surface area contributed by atoms with Gasteiger partial charge in [-0.1, -0.05) is 13.3 Å². The monoisotopic (exact) mass is 280 g/mol. The summed E-state index contributed by atoms with van der Waals surface area (Å²) in [4.78, 5) is 10.8. The van der Waals surface area contributed by atoms with Gasteiger partial charge in [0, 0.05) is 37.9 Å². The molecule has 1 aliphatic heterocycles. The number of hydrogen-bond acceptors (Lipinski definition) is 6. The number of hydrogen-bond donors (Lipinski definition) is 3. The van der Waals surface area contributed by atoms with Gasteiger partial charge in [0.2, 0.25) is 0 Å². The number of nitrogens with zero attached hydrogens (tertiary/aromatic N) is 3. The van der Waals surface area contributed by atoms with Crippen LogP contribution in [0.5, 0.6) is 0 Å². The summed E-state index contributed by atoms with van der Waals surface area (Å²) in [5, 5.41) is 23.1. The predicted molar refractivity (Wildman–Crippen MR) is 78.8 cm³/mol. The van der Waals surface area contributed by atoms with Crippen LogP contribution >= 0.6 is 0 Å². The number of aliphatic hydroxyl groups is 2. The van der Waals surface area contributed by atoms with Gasteiger partial charge >= 0.3 is 0 Å². The van der Waals surface area contributed by atoms with Crippen LogP contribution < -0.4 is 10.2 Å². The molecule has 2 atom stereocenters. The minimum Gasteiger partial charge on any atom is -0.396 e. The van der Waals surface area contributed by atoms with E-state index in [1.807, 2.05) is 7.05 Å². The molecule has 1 aromatic rings. The number of anilines is 2. The topological polar surface area (TPSA) is 81.5 Å². The molecule has 0 bridgehead atoms. The second kappa shape index (κ2) is 6.37. The van der Waals surface area contributed by atoms with Crippen LogP contribution in [0.2, 0.25) is 0 Å². The Balaban J connectivity index is 2.26. The molecular formula is C14H24N4O2. The van der Waals surface area contributed by atoms with Gasteiger partial charge in [0.25, 0.3) is 0 Å². The van der Waals surface area contributed by atoms with Crippen molar-refractivity contribution < 1.29 is 10.2 Å². The molecule has 3 N–H and O–H groups in total. The minimum atomic E-state index is -0.463. The largest absolute Gasteiger partial charge is 0.396 e. The maximum absolute atomic E-state index is 10.3. The Kier molecular flexibility index (Phi) is 4.77. The van der Waals surface area contributed by atoms with Crippen LogP contribution in [0.25, 0.3) is 0 Å². The van der Waals surface area contributed by atoms with Crippen molar-refractivity contribution in [3.63, 3.8) is 0 Å². The van der Waals surface area contributed by atoms with Gasteiger partial charge in [-0.3, -0.25) is 0 Å². The lowest BCUT2D eigenvalue weighted by atomic mass is 9.74. The summed E-state index contributed by atoms with van der Waals surface area (Å²) in [7, 11) is 1.82. The van der Waals surface area contributed by atoms with E-state index in [1.54, 1.807) is 12.4 Å². The van der Waals surface area contributed by atoms with Crippen molar-refractivity contribution in [3.05, 3.63) is 12.4 Å². The molecule has 1 aromatic heterocycles. The molecule has 1 saturated heterocycles. The molecule has 2 rings (SSSR count). The quantitative estimate of drug-likeness (QED) is 0.742. The van der Waals surface area contributed by atoms with E-state index in [0.29, 0.717) is 13.0 Å². The molecule has 112 valence electrons. The second-order valence-electron chi connectivity index (χ2n) is 5.48. The van der Waals surface area contributed by atoms with Gasteiger partial charge < -0.3 is 20.4 Å². The number of rotatable bonds is 5. The summed E-state index contributed by atoms with van der Waals surface area (Å²) in [6, 6.07) is 0. The van der Waals surface area contributed by atoms with Gasteiger partial charge in [-0.15, -0.1) is 0 Å². The Bertz CT molecular complexity index is 443. The average Bonchev–Trinajstić information content (AvgIpc) is 2.49. The van der Waals surface area contributed by atoms with Gasteiger partial charge in [-0.2, -0.15) is 0 Å². The second-order valence-corrected chi connectivity index (χ2v) is 5.48. The van der Waals surface area contributed by atoms with Gasteiger partial charge in [-0.25, -0.2) is 9.97 Å². The van der Waals surface area contributed by atoms with Gasteiger partial charge in [0.15, 0.2) is 11.6 Å². The fraction of sp³-hybridized carbons (Fsp3) is 0.714. The number of aliphatic hydroxyl groups excluding tert-OH is 2. The lowest BCUT2D eigenvalue weighted by Crippen LogP contribution is -2.54. The highest BCUT2D eigenvalue weighted by Gasteiger charge is 2.42. The SMILES string of the molecule is CCC[C@@]1(CO)CN(c2nccnc2NC)CC[C@@H]1O. The average molecular weight is 280 g/mol. The van der Waals surface area contributed by atoms with Crippen molar-refractivity contribution >= 4 is 11.6 Å². The molecule has 0 aromatic carbocycles. The predicted octanol–water partition coefficient (Wildman–Crippen LogP) is 0.868. The number of nitrogens with one attached hydrogen (secondary N) is 1. The van der Waals surface area contributed by atoms with Crippen molar-refractivity contribution in [1.82, 2.24) is 9.97 Å². The van der Waals surface area contributed by atoms with E-state index in [1.165, 1.54) is 0 Å². The summed E-state index contributed by atoms with van der Waals surface area (Å²) < 4.78 is 0. The van der Waals surface area contributed by atoms with Crippen LogP contribution in [0, 0.1) is 5.41 Å². The molecule has 2 heterocycles. The van der Waals surface area contributed by atoms with Crippen molar-refractivity contribution in [3.8, 4) is 0 Å². The first-order chi connectivity index (χ1) is 9.66. The Morgan fingerprint density at radius 1 is 1.45 bits per heavy atom. The lowest BCUT2D eigenvalue weighted by Gasteiger charge is -2.45. The first-order valence-electron chi connectivity index (χ1n) is 7.19. The van der Waals surface area contributed by atoms with Gasteiger partial charge in [-0.05, 0) is 12.8 Å². The molecule has 1 fully saturated rings. The molecule has 0 aliphatic carbocycles. The first-order valence-corrected chi connectivity index (χ1v) is 7.19. The summed E-state index contributed by atoms with van der Waals surface area (Å²) >= 11 is 0.